The van der Waals surface area contributed by atoms with Crippen molar-refractivity contribution in [2.45, 2.75) is 20.3 Å². The maximum absolute atomic E-state index is 13.3. The lowest BCUT2D eigenvalue weighted by Crippen LogP contribution is -2.18. The van der Waals surface area contributed by atoms with E-state index in [1.165, 1.54) is 12.1 Å². The largest absolute Gasteiger partial charge is 0.319 e. The number of fused-ring (bicyclic) bond motifs is 1. The number of carbonyl (C=O) groups excluding carboxylic acids is 1. The van der Waals surface area contributed by atoms with E-state index in [0.29, 0.717) is 28.5 Å². The number of rotatable bonds is 4. The highest BCUT2D eigenvalue weighted by Crippen LogP contribution is 2.29. The van der Waals surface area contributed by atoms with E-state index in [0.717, 1.165) is 16.8 Å². The van der Waals surface area contributed by atoms with Gasteiger partial charge in [-0.25, -0.2) is 8.91 Å². The molecule has 0 radical (unpaired) electrons. The first kappa shape index (κ1) is 19.0. The van der Waals surface area contributed by atoms with Crippen LogP contribution in [0.5, 0.6) is 0 Å². The first-order valence-corrected chi connectivity index (χ1v) is 9.44. The Balaban J connectivity index is 1.79. The topological polar surface area (TPSA) is 72.2 Å². The van der Waals surface area contributed by atoms with Crippen molar-refractivity contribution in [2.24, 2.45) is 0 Å². The fourth-order valence-electron chi connectivity index (χ4n) is 3.16. The van der Waals surface area contributed by atoms with Crippen molar-refractivity contribution in [1.29, 1.82) is 0 Å². The molecule has 0 aliphatic heterocycles. The van der Waals surface area contributed by atoms with E-state index in [-0.39, 0.29) is 11.5 Å². The fourth-order valence-corrected chi connectivity index (χ4v) is 3.35. The van der Waals surface area contributed by atoms with E-state index >= 15 is 0 Å². The molecule has 2 aromatic carbocycles. The smallest absolute Gasteiger partial charge is 0.278 e. The lowest BCUT2D eigenvalue weighted by atomic mass is 10.0. The van der Waals surface area contributed by atoms with Crippen molar-refractivity contribution in [3.8, 4) is 11.1 Å². The van der Waals surface area contributed by atoms with Gasteiger partial charge in [0.25, 0.3) is 5.91 Å². The fraction of sp³-hybridized carbons (Fsp3) is 0.143. The number of nitrogens with one attached hydrogen (secondary N) is 1. The third kappa shape index (κ3) is 3.45. The van der Waals surface area contributed by atoms with Crippen LogP contribution in [0, 0.1) is 12.7 Å². The van der Waals surface area contributed by atoms with Crippen LogP contribution in [0.25, 0.3) is 16.8 Å². The molecular weight excluding hydrogens is 393 g/mol. The molecule has 1 amide bonds. The molecule has 4 rings (SSSR count). The average molecular weight is 410 g/mol. The summed E-state index contributed by atoms with van der Waals surface area (Å²) in [4.78, 5) is 12.7. The Hall–Kier alpha value is -3.32. The number of para-hydroxylation sites is 1. The van der Waals surface area contributed by atoms with Gasteiger partial charge < -0.3 is 5.32 Å². The van der Waals surface area contributed by atoms with Gasteiger partial charge in [-0.2, -0.15) is 5.10 Å². The highest BCUT2D eigenvalue weighted by Gasteiger charge is 2.21. The molecule has 0 unspecified atom stereocenters. The minimum atomic E-state index is -0.429. The van der Waals surface area contributed by atoms with Crippen LogP contribution >= 0.6 is 11.6 Å². The molecule has 0 aliphatic rings. The molecule has 29 heavy (non-hydrogen) atoms. The second kappa shape index (κ2) is 7.60. The van der Waals surface area contributed by atoms with E-state index < -0.39 is 5.91 Å². The highest BCUT2D eigenvalue weighted by molar-refractivity contribution is 6.33. The van der Waals surface area contributed by atoms with Crippen molar-refractivity contribution < 1.29 is 9.18 Å². The summed E-state index contributed by atoms with van der Waals surface area (Å²) in [7, 11) is 0. The average Bonchev–Trinajstić information content (AvgIpc) is 3.10. The Morgan fingerprint density at radius 2 is 1.86 bits per heavy atom. The Labute approximate surface area is 171 Å². The number of amides is 1. The van der Waals surface area contributed by atoms with E-state index in [1.54, 1.807) is 47.8 Å². The van der Waals surface area contributed by atoms with Gasteiger partial charge >= 0.3 is 0 Å². The lowest BCUT2D eigenvalue weighted by molar-refractivity contribution is 0.102. The number of aryl methyl sites for hydroxylation is 2. The molecule has 2 aromatic heterocycles. The number of nitrogens with zero attached hydrogens (tertiary/aromatic N) is 4. The van der Waals surface area contributed by atoms with Crippen LogP contribution < -0.4 is 5.32 Å². The molecule has 0 saturated carbocycles. The first-order chi connectivity index (χ1) is 14.0. The molecule has 0 fully saturated rings. The Kier molecular flexibility index (Phi) is 4.98. The van der Waals surface area contributed by atoms with Crippen LogP contribution in [-0.2, 0) is 6.42 Å². The summed E-state index contributed by atoms with van der Waals surface area (Å²) in [5.41, 5.74) is 4.05. The molecule has 0 saturated heterocycles. The normalized spacial score (nSPS) is 11.0. The third-order valence-electron chi connectivity index (χ3n) is 4.64. The van der Waals surface area contributed by atoms with E-state index in [1.807, 2.05) is 6.92 Å². The van der Waals surface area contributed by atoms with Gasteiger partial charge in [-0.1, -0.05) is 42.8 Å². The van der Waals surface area contributed by atoms with E-state index in [4.69, 9.17) is 11.6 Å². The molecular formula is C21H17ClFN5O. The van der Waals surface area contributed by atoms with Crippen LogP contribution in [0.2, 0.25) is 5.02 Å². The van der Waals surface area contributed by atoms with Crippen molar-refractivity contribution in [2.75, 3.05) is 5.32 Å². The first-order valence-electron chi connectivity index (χ1n) is 9.06. The molecule has 0 aliphatic carbocycles. The standard InChI is InChI=1S/C21H17ClFN5O/c1-3-16-18(13-8-10-14(23)11-9-13)20-26-25-19(12(2)28(20)27-16)21(29)24-17-7-5-4-6-15(17)22/h4-11H,3H2,1-2H3,(H,24,29). The molecule has 4 aromatic rings. The predicted octanol–water partition coefficient (Wildman–Crippen LogP) is 4.71. The van der Waals surface area contributed by atoms with Gasteiger partial charge in [-0.3, -0.25) is 4.79 Å². The van der Waals surface area contributed by atoms with Gasteiger partial charge in [-0.05, 0) is 43.2 Å². The summed E-state index contributed by atoms with van der Waals surface area (Å²) in [6.45, 7) is 3.73. The van der Waals surface area contributed by atoms with Crippen LogP contribution in [-0.4, -0.2) is 25.7 Å². The van der Waals surface area contributed by atoms with Gasteiger partial charge in [0.2, 0.25) is 0 Å². The van der Waals surface area contributed by atoms with Crippen LogP contribution in [0.4, 0.5) is 10.1 Å². The number of benzene rings is 2. The molecule has 6 nitrogen and oxygen atoms in total. The number of hydrogen-bond acceptors (Lipinski definition) is 4. The molecule has 8 heteroatoms. The summed E-state index contributed by atoms with van der Waals surface area (Å²) < 4.78 is 14.9. The second-order valence-electron chi connectivity index (χ2n) is 6.49. The molecule has 146 valence electrons. The zero-order valence-corrected chi connectivity index (χ0v) is 16.5. The summed E-state index contributed by atoms with van der Waals surface area (Å²) in [5.74, 6) is -0.744. The van der Waals surface area contributed by atoms with Gasteiger partial charge in [0.05, 0.1) is 27.7 Å². The molecule has 0 spiro atoms. The summed E-state index contributed by atoms with van der Waals surface area (Å²) >= 11 is 6.12. The SMILES string of the molecule is CCc1nn2c(C)c(C(=O)Nc3ccccc3Cl)nnc2c1-c1ccc(F)cc1. The van der Waals surface area contributed by atoms with E-state index in [9.17, 15) is 9.18 Å². The second-order valence-corrected chi connectivity index (χ2v) is 6.89. The predicted molar refractivity (Wildman–Crippen MR) is 110 cm³/mol. The van der Waals surface area contributed by atoms with Crippen molar-refractivity contribution in [3.05, 3.63) is 76.5 Å². The molecule has 0 bridgehead atoms. The number of aromatic nitrogens is 4. The highest BCUT2D eigenvalue weighted by atomic mass is 35.5. The summed E-state index contributed by atoms with van der Waals surface area (Å²) in [6.07, 6.45) is 0.649. The monoisotopic (exact) mass is 409 g/mol. The zero-order valence-electron chi connectivity index (χ0n) is 15.8. The van der Waals surface area contributed by atoms with Crippen LogP contribution in [0.3, 0.4) is 0 Å². The number of carbonyl (C=O) groups is 1. The van der Waals surface area contributed by atoms with Crippen LogP contribution in [0.1, 0.15) is 28.8 Å². The Morgan fingerprint density at radius 1 is 1.14 bits per heavy atom. The molecule has 2 heterocycles. The molecule has 0 atom stereocenters. The maximum Gasteiger partial charge on any atom is 0.278 e. The van der Waals surface area contributed by atoms with Gasteiger partial charge in [0, 0.05) is 0 Å². The van der Waals surface area contributed by atoms with E-state index in [2.05, 4.69) is 20.6 Å². The third-order valence-corrected chi connectivity index (χ3v) is 4.97. The summed E-state index contributed by atoms with van der Waals surface area (Å²) in [5, 5.41) is 16.2. The van der Waals surface area contributed by atoms with Crippen LogP contribution in [0.15, 0.2) is 48.5 Å². The van der Waals surface area contributed by atoms with Gasteiger partial charge in [-0.15, -0.1) is 10.2 Å². The van der Waals surface area contributed by atoms with Gasteiger partial charge in [0.1, 0.15) is 5.82 Å². The van der Waals surface area contributed by atoms with Gasteiger partial charge in [0.15, 0.2) is 11.3 Å². The minimum Gasteiger partial charge on any atom is -0.319 e. The Bertz CT molecular complexity index is 1220. The zero-order chi connectivity index (χ0) is 20.5. The maximum atomic E-state index is 13.3. The number of halogens is 2. The lowest BCUT2D eigenvalue weighted by Gasteiger charge is -2.09. The van der Waals surface area contributed by atoms with Crippen molar-refractivity contribution in [1.82, 2.24) is 19.8 Å². The van der Waals surface area contributed by atoms with Crippen molar-refractivity contribution >= 4 is 28.8 Å². The molecule has 1 N–H and O–H groups in total. The van der Waals surface area contributed by atoms with Crippen molar-refractivity contribution in [3.63, 3.8) is 0 Å². The number of anilines is 1. The quantitative estimate of drug-likeness (QED) is 0.530. The minimum absolute atomic E-state index is 0.147. The number of hydrogen-bond donors (Lipinski definition) is 1. The summed E-state index contributed by atoms with van der Waals surface area (Å²) in [6, 6.07) is 13.1. The Morgan fingerprint density at radius 3 is 2.55 bits per heavy atom.